The summed E-state index contributed by atoms with van der Waals surface area (Å²) in [6.07, 6.45) is 4.98. The van der Waals surface area contributed by atoms with E-state index >= 15 is 0 Å². The van der Waals surface area contributed by atoms with Crippen molar-refractivity contribution in [2.45, 2.75) is 38.6 Å². The molecule has 0 spiro atoms. The Bertz CT molecular complexity index is 725. The third-order valence-corrected chi connectivity index (χ3v) is 6.17. The van der Waals surface area contributed by atoms with Crippen LogP contribution in [0.4, 0.5) is 5.69 Å². The molecule has 2 aliphatic rings. The standard InChI is InChI=1S/C19H29N3O3S/c1-15-5-7-17(8-6-15)22-11-3-4-18(19(22)23)21-12-9-16(10-13-21)14-20-26(2,24)25/h5-8,16,18,20H,3-4,9-14H2,1-2H3. The highest BCUT2D eigenvalue weighted by Crippen LogP contribution is 2.27. The van der Waals surface area contributed by atoms with Gasteiger partial charge in [0, 0.05) is 18.8 Å². The Morgan fingerprint density at radius 2 is 1.73 bits per heavy atom. The number of carbonyl (C=O) groups excluding carboxylic acids is 1. The molecule has 3 rings (SSSR count). The minimum atomic E-state index is -3.13. The minimum Gasteiger partial charge on any atom is -0.311 e. The number of sulfonamides is 1. The highest BCUT2D eigenvalue weighted by atomic mass is 32.2. The normalized spacial score (nSPS) is 23.4. The van der Waals surface area contributed by atoms with E-state index in [0.717, 1.165) is 51.0 Å². The number of hydrogen-bond donors (Lipinski definition) is 1. The van der Waals surface area contributed by atoms with Crippen LogP contribution in [0.2, 0.25) is 0 Å². The molecule has 26 heavy (non-hydrogen) atoms. The molecule has 7 heteroatoms. The monoisotopic (exact) mass is 379 g/mol. The Kier molecular flexibility index (Phi) is 5.99. The van der Waals surface area contributed by atoms with Gasteiger partial charge in [0.25, 0.3) is 0 Å². The first kappa shape index (κ1) is 19.3. The fraction of sp³-hybridized carbons (Fsp3) is 0.632. The molecule has 144 valence electrons. The number of carbonyl (C=O) groups is 1. The van der Waals surface area contributed by atoms with Crippen molar-refractivity contribution in [1.29, 1.82) is 0 Å². The van der Waals surface area contributed by atoms with Gasteiger partial charge in [-0.25, -0.2) is 13.1 Å². The van der Waals surface area contributed by atoms with Crippen LogP contribution in [0.15, 0.2) is 24.3 Å². The molecule has 2 saturated heterocycles. The zero-order valence-electron chi connectivity index (χ0n) is 15.6. The smallest absolute Gasteiger partial charge is 0.244 e. The molecule has 0 aromatic heterocycles. The molecule has 0 radical (unpaired) electrons. The number of likely N-dealkylation sites (tertiary alicyclic amines) is 1. The van der Waals surface area contributed by atoms with E-state index in [1.54, 1.807) is 0 Å². The summed E-state index contributed by atoms with van der Waals surface area (Å²) < 4.78 is 25.1. The maximum absolute atomic E-state index is 13.0. The van der Waals surface area contributed by atoms with Gasteiger partial charge < -0.3 is 4.90 Å². The molecule has 1 N–H and O–H groups in total. The number of benzene rings is 1. The molecule has 0 saturated carbocycles. The average molecular weight is 380 g/mol. The molecule has 1 amide bonds. The lowest BCUT2D eigenvalue weighted by Gasteiger charge is -2.41. The molecular formula is C19H29N3O3S. The number of aryl methyl sites for hydroxylation is 1. The Balaban J connectivity index is 1.58. The summed E-state index contributed by atoms with van der Waals surface area (Å²) in [4.78, 5) is 17.3. The SMILES string of the molecule is Cc1ccc(N2CCCC(N3CCC(CNS(C)(=O)=O)CC3)C2=O)cc1. The fourth-order valence-corrected chi connectivity index (χ4v) is 4.45. The Labute approximate surface area is 156 Å². The number of nitrogens with one attached hydrogen (secondary N) is 1. The number of nitrogens with zero attached hydrogens (tertiary/aromatic N) is 2. The summed E-state index contributed by atoms with van der Waals surface area (Å²) in [5, 5.41) is 0. The lowest BCUT2D eigenvalue weighted by atomic mass is 9.93. The summed E-state index contributed by atoms with van der Waals surface area (Å²) >= 11 is 0. The van der Waals surface area contributed by atoms with E-state index in [4.69, 9.17) is 0 Å². The minimum absolute atomic E-state index is 0.0473. The van der Waals surface area contributed by atoms with Crippen molar-refractivity contribution in [3.8, 4) is 0 Å². The van der Waals surface area contributed by atoms with Crippen LogP contribution in [0.3, 0.4) is 0 Å². The van der Waals surface area contributed by atoms with Crippen LogP contribution in [0, 0.1) is 12.8 Å². The van der Waals surface area contributed by atoms with Crippen molar-refractivity contribution in [3.63, 3.8) is 0 Å². The van der Waals surface area contributed by atoms with Gasteiger partial charge in [0.05, 0.1) is 12.3 Å². The highest BCUT2D eigenvalue weighted by molar-refractivity contribution is 7.88. The molecule has 2 aliphatic heterocycles. The van der Waals surface area contributed by atoms with Gasteiger partial charge in [-0.2, -0.15) is 0 Å². The third-order valence-electron chi connectivity index (χ3n) is 5.48. The van der Waals surface area contributed by atoms with Crippen molar-refractivity contribution in [3.05, 3.63) is 29.8 Å². The number of hydrogen-bond acceptors (Lipinski definition) is 4. The van der Waals surface area contributed by atoms with E-state index in [1.165, 1.54) is 11.8 Å². The molecule has 1 atom stereocenters. The van der Waals surface area contributed by atoms with Crippen LogP contribution in [0.5, 0.6) is 0 Å². The van der Waals surface area contributed by atoms with Gasteiger partial charge in [0.2, 0.25) is 15.9 Å². The van der Waals surface area contributed by atoms with Gasteiger partial charge in [-0.05, 0) is 63.7 Å². The second kappa shape index (κ2) is 8.06. The Morgan fingerprint density at radius 1 is 1.08 bits per heavy atom. The predicted molar refractivity (Wildman–Crippen MR) is 104 cm³/mol. The zero-order valence-corrected chi connectivity index (χ0v) is 16.5. The van der Waals surface area contributed by atoms with E-state index in [9.17, 15) is 13.2 Å². The molecule has 1 aromatic carbocycles. The highest BCUT2D eigenvalue weighted by Gasteiger charge is 2.35. The van der Waals surface area contributed by atoms with Gasteiger partial charge in [-0.3, -0.25) is 9.69 Å². The number of piperidine rings is 2. The molecule has 2 fully saturated rings. The predicted octanol–water partition coefficient (Wildman–Crippen LogP) is 1.75. The van der Waals surface area contributed by atoms with Gasteiger partial charge in [0.15, 0.2) is 0 Å². The van der Waals surface area contributed by atoms with Crippen LogP contribution in [-0.2, 0) is 14.8 Å². The van der Waals surface area contributed by atoms with Crippen molar-refractivity contribution in [2.75, 3.05) is 37.3 Å². The first-order chi connectivity index (χ1) is 12.3. The lowest BCUT2D eigenvalue weighted by molar-refractivity contribution is -0.126. The van der Waals surface area contributed by atoms with Crippen molar-refractivity contribution >= 4 is 21.6 Å². The summed E-state index contributed by atoms with van der Waals surface area (Å²) in [7, 11) is -3.13. The summed E-state index contributed by atoms with van der Waals surface area (Å²) in [6.45, 7) is 5.05. The van der Waals surface area contributed by atoms with Crippen molar-refractivity contribution in [2.24, 2.45) is 5.92 Å². The molecule has 1 aromatic rings. The Hall–Kier alpha value is -1.44. The molecule has 0 bridgehead atoms. The zero-order chi connectivity index (χ0) is 18.7. The van der Waals surface area contributed by atoms with Crippen LogP contribution in [-0.4, -0.2) is 57.7 Å². The summed E-state index contributed by atoms with van der Waals surface area (Å²) in [6, 6.07) is 8.10. The molecule has 1 unspecified atom stereocenters. The quantitative estimate of drug-likeness (QED) is 0.846. The summed E-state index contributed by atoms with van der Waals surface area (Å²) in [5.74, 6) is 0.556. The van der Waals surface area contributed by atoms with E-state index < -0.39 is 10.0 Å². The second-order valence-corrected chi connectivity index (χ2v) is 9.42. The van der Waals surface area contributed by atoms with Gasteiger partial charge in [-0.15, -0.1) is 0 Å². The molecule has 2 heterocycles. The average Bonchev–Trinajstić information content (AvgIpc) is 2.61. The molecular weight excluding hydrogens is 350 g/mol. The van der Waals surface area contributed by atoms with Crippen molar-refractivity contribution < 1.29 is 13.2 Å². The first-order valence-electron chi connectivity index (χ1n) is 9.40. The van der Waals surface area contributed by atoms with E-state index in [-0.39, 0.29) is 11.9 Å². The van der Waals surface area contributed by atoms with Crippen molar-refractivity contribution in [1.82, 2.24) is 9.62 Å². The topological polar surface area (TPSA) is 69.7 Å². The number of amides is 1. The largest absolute Gasteiger partial charge is 0.311 e. The number of rotatable bonds is 5. The van der Waals surface area contributed by atoms with Gasteiger partial charge in [-0.1, -0.05) is 17.7 Å². The summed E-state index contributed by atoms with van der Waals surface area (Å²) in [5.41, 5.74) is 2.18. The van der Waals surface area contributed by atoms with Crippen LogP contribution in [0.25, 0.3) is 0 Å². The van der Waals surface area contributed by atoms with Crippen LogP contribution < -0.4 is 9.62 Å². The van der Waals surface area contributed by atoms with Crippen LogP contribution >= 0.6 is 0 Å². The van der Waals surface area contributed by atoms with Gasteiger partial charge >= 0.3 is 0 Å². The maximum atomic E-state index is 13.0. The van der Waals surface area contributed by atoms with Gasteiger partial charge in [0.1, 0.15) is 0 Å². The van der Waals surface area contributed by atoms with E-state index in [2.05, 4.69) is 9.62 Å². The Morgan fingerprint density at radius 3 is 2.35 bits per heavy atom. The number of anilines is 1. The fourth-order valence-electron chi connectivity index (χ4n) is 3.91. The van der Waals surface area contributed by atoms with E-state index in [1.807, 2.05) is 36.1 Å². The maximum Gasteiger partial charge on any atom is 0.244 e. The lowest BCUT2D eigenvalue weighted by Crippen LogP contribution is -2.54. The van der Waals surface area contributed by atoms with E-state index in [0.29, 0.717) is 12.5 Å². The third kappa shape index (κ3) is 4.84. The molecule has 6 nitrogen and oxygen atoms in total. The first-order valence-corrected chi connectivity index (χ1v) is 11.3. The molecule has 0 aliphatic carbocycles. The van der Waals surface area contributed by atoms with Crippen LogP contribution in [0.1, 0.15) is 31.2 Å². The second-order valence-electron chi connectivity index (χ2n) is 7.58.